The number of hydrogen-bond acceptors (Lipinski definition) is 3. The summed E-state index contributed by atoms with van der Waals surface area (Å²) in [6.07, 6.45) is 3.01. The summed E-state index contributed by atoms with van der Waals surface area (Å²) in [7, 11) is 1.64. The summed E-state index contributed by atoms with van der Waals surface area (Å²) in [6, 6.07) is 15.9. The summed E-state index contributed by atoms with van der Waals surface area (Å²) in [5.74, 6) is 0.816. The number of allylic oxidation sites excluding steroid dienone is 1. The van der Waals surface area contributed by atoms with Crippen LogP contribution in [0.5, 0.6) is 5.75 Å². The molecule has 0 amide bonds. The van der Waals surface area contributed by atoms with Crippen LogP contribution in [0.4, 0.5) is 5.69 Å². The van der Waals surface area contributed by atoms with Crippen molar-refractivity contribution >= 4 is 29.1 Å². The Bertz CT molecular complexity index is 710. The number of hydrazine groups is 1. The Morgan fingerprint density at radius 2 is 1.86 bits per heavy atom. The van der Waals surface area contributed by atoms with Crippen LogP contribution < -0.4 is 20.9 Å². The summed E-state index contributed by atoms with van der Waals surface area (Å²) in [6.45, 7) is 0. The Morgan fingerprint density at radius 1 is 1.09 bits per heavy atom. The van der Waals surface area contributed by atoms with Gasteiger partial charge in [-0.2, -0.15) is 0 Å². The Labute approximate surface area is 135 Å². The van der Waals surface area contributed by atoms with Crippen molar-refractivity contribution in [2.75, 3.05) is 12.4 Å². The molecule has 112 valence electrons. The normalized spacial score (nSPS) is 12.1. The molecule has 0 aliphatic heterocycles. The molecule has 0 radical (unpaired) electrons. The highest BCUT2D eigenvalue weighted by Crippen LogP contribution is 2.22. The molecule has 0 saturated carbocycles. The number of ether oxygens (including phenoxy) is 1. The first-order valence-electron chi connectivity index (χ1n) is 7.00. The first-order chi connectivity index (χ1) is 10.7. The van der Waals surface area contributed by atoms with Crippen molar-refractivity contribution in [3.8, 4) is 5.75 Å². The van der Waals surface area contributed by atoms with Crippen LogP contribution in [0.15, 0.2) is 54.2 Å². The lowest BCUT2D eigenvalue weighted by Crippen LogP contribution is -2.39. The van der Waals surface area contributed by atoms with Gasteiger partial charge in [0.2, 0.25) is 0 Å². The molecule has 0 saturated heterocycles. The second-order valence-corrected chi connectivity index (χ2v) is 5.39. The first-order valence-corrected chi connectivity index (χ1v) is 7.41. The van der Waals surface area contributed by atoms with Gasteiger partial charge in [0.1, 0.15) is 5.75 Å². The van der Waals surface area contributed by atoms with Crippen molar-refractivity contribution in [3.05, 3.63) is 65.4 Å². The molecule has 0 bridgehead atoms. The Morgan fingerprint density at radius 3 is 2.59 bits per heavy atom. The van der Waals surface area contributed by atoms with E-state index in [9.17, 15) is 0 Å². The predicted octanol–water partition coefficient (Wildman–Crippen LogP) is 3.08. The highest BCUT2D eigenvalue weighted by Gasteiger charge is 2.11. The number of rotatable bonds is 4. The average molecular weight is 311 g/mol. The van der Waals surface area contributed by atoms with Crippen LogP contribution in [-0.4, -0.2) is 12.2 Å². The van der Waals surface area contributed by atoms with Gasteiger partial charge in [-0.1, -0.05) is 24.3 Å². The van der Waals surface area contributed by atoms with Crippen molar-refractivity contribution < 1.29 is 4.74 Å². The van der Waals surface area contributed by atoms with E-state index in [0.29, 0.717) is 5.11 Å². The zero-order chi connectivity index (χ0) is 15.4. The van der Waals surface area contributed by atoms with Gasteiger partial charge in [0.15, 0.2) is 5.11 Å². The second-order valence-electron chi connectivity index (χ2n) is 4.98. The van der Waals surface area contributed by atoms with Gasteiger partial charge in [-0.15, -0.1) is 0 Å². The van der Waals surface area contributed by atoms with Crippen molar-refractivity contribution in [2.45, 2.75) is 6.42 Å². The van der Waals surface area contributed by atoms with Crippen LogP contribution in [0.1, 0.15) is 11.1 Å². The van der Waals surface area contributed by atoms with Gasteiger partial charge in [0.25, 0.3) is 0 Å². The molecule has 3 rings (SSSR count). The second kappa shape index (κ2) is 6.49. The van der Waals surface area contributed by atoms with Crippen molar-refractivity contribution in [3.63, 3.8) is 0 Å². The van der Waals surface area contributed by atoms with E-state index in [4.69, 9.17) is 17.0 Å². The van der Waals surface area contributed by atoms with Crippen LogP contribution in [0, 0.1) is 0 Å². The van der Waals surface area contributed by atoms with E-state index in [1.807, 2.05) is 30.3 Å². The van der Waals surface area contributed by atoms with Gasteiger partial charge in [-0.05, 0) is 53.7 Å². The van der Waals surface area contributed by atoms with Gasteiger partial charge in [0, 0.05) is 17.8 Å². The molecule has 0 fully saturated rings. The third-order valence-electron chi connectivity index (χ3n) is 3.45. The monoisotopic (exact) mass is 311 g/mol. The Kier molecular flexibility index (Phi) is 4.25. The summed E-state index contributed by atoms with van der Waals surface area (Å²) in [4.78, 5) is 0. The lowest BCUT2D eigenvalue weighted by molar-refractivity contribution is 0.415. The highest BCUT2D eigenvalue weighted by molar-refractivity contribution is 7.80. The third-order valence-corrected chi connectivity index (χ3v) is 3.65. The SMILES string of the molecule is COc1ccc(NC(=S)NNC2=Cc3ccccc3C2)cc1. The minimum atomic E-state index is 0.516. The van der Waals surface area contributed by atoms with Gasteiger partial charge in [-0.25, -0.2) is 0 Å². The van der Waals surface area contributed by atoms with E-state index in [0.717, 1.165) is 23.6 Å². The number of benzene rings is 2. The summed E-state index contributed by atoms with van der Waals surface area (Å²) in [5, 5.41) is 3.63. The zero-order valence-corrected chi connectivity index (χ0v) is 13.0. The van der Waals surface area contributed by atoms with Crippen molar-refractivity contribution in [1.29, 1.82) is 0 Å². The number of hydrogen-bond donors (Lipinski definition) is 3. The molecular weight excluding hydrogens is 294 g/mol. The minimum absolute atomic E-state index is 0.516. The maximum atomic E-state index is 5.28. The standard InChI is InChI=1S/C17H17N3OS/c1-21-16-8-6-14(7-9-16)18-17(22)20-19-15-10-12-4-2-3-5-13(12)11-15/h2-10,19H,11H2,1H3,(H2,18,20,22). The maximum absolute atomic E-state index is 5.28. The first kappa shape index (κ1) is 14.4. The van der Waals surface area contributed by atoms with Gasteiger partial charge < -0.3 is 15.5 Å². The molecule has 0 aromatic heterocycles. The molecular formula is C17H17N3OS. The summed E-state index contributed by atoms with van der Waals surface area (Å²) in [5.41, 5.74) is 10.7. The minimum Gasteiger partial charge on any atom is -0.497 e. The van der Waals surface area contributed by atoms with E-state index in [1.165, 1.54) is 11.1 Å². The molecule has 0 unspecified atom stereocenters. The molecule has 0 spiro atoms. The number of thiocarbonyl (C=S) groups is 1. The lowest BCUT2D eigenvalue weighted by atomic mass is 10.1. The number of methoxy groups -OCH3 is 1. The lowest BCUT2D eigenvalue weighted by Gasteiger charge is -2.13. The molecule has 3 N–H and O–H groups in total. The summed E-state index contributed by atoms with van der Waals surface area (Å²) < 4.78 is 5.12. The number of nitrogens with one attached hydrogen (secondary N) is 3. The smallest absolute Gasteiger partial charge is 0.189 e. The van der Waals surface area contributed by atoms with E-state index in [-0.39, 0.29) is 0 Å². The van der Waals surface area contributed by atoms with E-state index >= 15 is 0 Å². The van der Waals surface area contributed by atoms with Crippen molar-refractivity contribution in [2.24, 2.45) is 0 Å². The van der Waals surface area contributed by atoms with E-state index in [2.05, 4.69) is 40.4 Å². The molecule has 0 heterocycles. The fourth-order valence-corrected chi connectivity index (χ4v) is 2.50. The topological polar surface area (TPSA) is 45.3 Å². The van der Waals surface area contributed by atoms with Gasteiger partial charge in [-0.3, -0.25) is 5.43 Å². The van der Waals surface area contributed by atoms with Crippen LogP contribution in [0.25, 0.3) is 6.08 Å². The molecule has 22 heavy (non-hydrogen) atoms. The van der Waals surface area contributed by atoms with E-state index < -0.39 is 0 Å². The fourth-order valence-electron chi connectivity index (χ4n) is 2.33. The van der Waals surface area contributed by atoms with Crippen LogP contribution in [-0.2, 0) is 6.42 Å². The van der Waals surface area contributed by atoms with Gasteiger partial charge in [0.05, 0.1) is 7.11 Å². The third kappa shape index (κ3) is 3.38. The molecule has 1 aliphatic rings. The van der Waals surface area contributed by atoms with Crippen LogP contribution >= 0.6 is 12.2 Å². The highest BCUT2D eigenvalue weighted by atomic mass is 32.1. The molecule has 5 heteroatoms. The Balaban J connectivity index is 1.51. The van der Waals surface area contributed by atoms with Crippen LogP contribution in [0.3, 0.4) is 0 Å². The maximum Gasteiger partial charge on any atom is 0.189 e. The van der Waals surface area contributed by atoms with Crippen LogP contribution in [0.2, 0.25) is 0 Å². The molecule has 1 aliphatic carbocycles. The van der Waals surface area contributed by atoms with Crippen molar-refractivity contribution in [1.82, 2.24) is 10.9 Å². The quantitative estimate of drug-likeness (QED) is 0.598. The van der Waals surface area contributed by atoms with E-state index in [1.54, 1.807) is 7.11 Å². The molecule has 0 atom stereocenters. The Hall–Kier alpha value is -2.53. The molecule has 2 aromatic rings. The fraction of sp³-hybridized carbons (Fsp3) is 0.118. The predicted molar refractivity (Wildman–Crippen MR) is 93.6 cm³/mol. The number of fused-ring (bicyclic) bond motifs is 1. The largest absolute Gasteiger partial charge is 0.497 e. The molecule has 2 aromatic carbocycles. The zero-order valence-electron chi connectivity index (χ0n) is 12.2. The number of anilines is 1. The summed E-state index contributed by atoms with van der Waals surface area (Å²) >= 11 is 5.28. The van der Waals surface area contributed by atoms with Gasteiger partial charge >= 0.3 is 0 Å². The molecule has 4 nitrogen and oxygen atoms in total. The average Bonchev–Trinajstić information content (AvgIpc) is 2.96.